The number of aryl methyl sites for hydroxylation is 1. The van der Waals surface area contributed by atoms with E-state index in [9.17, 15) is 9.59 Å². The van der Waals surface area contributed by atoms with Gasteiger partial charge in [-0.2, -0.15) is 10.2 Å². The Labute approximate surface area is 213 Å². The van der Waals surface area contributed by atoms with Gasteiger partial charge in [-0.15, -0.1) is 0 Å². The SMILES string of the molecule is Cc1ncc(NC(=O)c2cnnc(C3CC3)c2)cc1-c1ccnc(-c2ccnc(NC(=O)C3CC3)c2)c1. The molecule has 0 aliphatic heterocycles. The van der Waals surface area contributed by atoms with Gasteiger partial charge in [0.05, 0.1) is 35.0 Å². The number of carbonyl (C=O) groups is 2. The molecule has 2 amide bonds. The van der Waals surface area contributed by atoms with Crippen molar-refractivity contribution in [3.63, 3.8) is 0 Å². The third-order valence-electron chi connectivity index (χ3n) is 6.60. The number of amides is 2. The molecule has 0 aromatic carbocycles. The molecule has 4 aromatic rings. The summed E-state index contributed by atoms with van der Waals surface area (Å²) in [6.07, 6.45) is 10.6. The van der Waals surface area contributed by atoms with Crippen molar-refractivity contribution < 1.29 is 9.59 Å². The monoisotopic (exact) mass is 491 g/mol. The standard InChI is InChI=1S/C28H25N7O2/c1-16-23(13-22(15-31-16)33-28(37)21-11-25(17-2-3-17)35-32-14-21)19-6-8-29-24(10-19)20-7-9-30-26(12-20)34-27(36)18-4-5-18/h6-15,17-18H,2-5H2,1H3,(H,33,37)(H,30,34,36). The highest BCUT2D eigenvalue weighted by Crippen LogP contribution is 2.38. The van der Waals surface area contributed by atoms with Crippen molar-refractivity contribution in [3.05, 3.63) is 78.1 Å². The number of aromatic nitrogens is 5. The van der Waals surface area contributed by atoms with Gasteiger partial charge in [0.25, 0.3) is 5.91 Å². The van der Waals surface area contributed by atoms with Crippen LogP contribution in [0.4, 0.5) is 11.5 Å². The molecule has 2 aliphatic rings. The number of anilines is 2. The highest BCUT2D eigenvalue weighted by Gasteiger charge is 2.30. The van der Waals surface area contributed by atoms with Crippen LogP contribution in [0.5, 0.6) is 0 Å². The maximum absolute atomic E-state index is 12.9. The molecule has 2 N–H and O–H groups in total. The topological polar surface area (TPSA) is 123 Å². The lowest BCUT2D eigenvalue weighted by Gasteiger charge is -2.11. The number of carbonyl (C=O) groups excluding carboxylic acids is 2. The number of pyridine rings is 3. The lowest BCUT2D eigenvalue weighted by molar-refractivity contribution is -0.117. The maximum Gasteiger partial charge on any atom is 0.257 e. The molecule has 184 valence electrons. The maximum atomic E-state index is 12.9. The zero-order valence-electron chi connectivity index (χ0n) is 20.3. The molecule has 2 aliphatic carbocycles. The van der Waals surface area contributed by atoms with Crippen LogP contribution in [0, 0.1) is 12.8 Å². The van der Waals surface area contributed by atoms with Gasteiger partial charge >= 0.3 is 0 Å². The Hall–Kier alpha value is -4.53. The van der Waals surface area contributed by atoms with Crippen LogP contribution in [0.3, 0.4) is 0 Å². The Kier molecular flexibility index (Phi) is 5.88. The third kappa shape index (κ3) is 5.20. The van der Waals surface area contributed by atoms with E-state index in [1.54, 1.807) is 18.6 Å². The number of nitrogens with zero attached hydrogens (tertiary/aromatic N) is 5. The van der Waals surface area contributed by atoms with E-state index in [0.29, 0.717) is 23.0 Å². The van der Waals surface area contributed by atoms with Gasteiger partial charge < -0.3 is 10.6 Å². The molecule has 2 fully saturated rings. The summed E-state index contributed by atoms with van der Waals surface area (Å²) in [4.78, 5) is 38.3. The summed E-state index contributed by atoms with van der Waals surface area (Å²) in [5.41, 5.74) is 6.13. The van der Waals surface area contributed by atoms with Crippen molar-refractivity contribution in [1.29, 1.82) is 0 Å². The molecule has 37 heavy (non-hydrogen) atoms. The molecule has 6 rings (SSSR count). The number of nitrogens with one attached hydrogen (secondary N) is 2. The van der Waals surface area contributed by atoms with Crippen LogP contribution in [0.25, 0.3) is 22.4 Å². The predicted molar refractivity (Wildman–Crippen MR) is 139 cm³/mol. The van der Waals surface area contributed by atoms with E-state index < -0.39 is 0 Å². The van der Waals surface area contributed by atoms with Crippen molar-refractivity contribution in [2.45, 2.75) is 38.5 Å². The van der Waals surface area contributed by atoms with Crippen molar-refractivity contribution in [2.24, 2.45) is 5.92 Å². The molecule has 0 radical (unpaired) electrons. The second-order valence-electron chi connectivity index (χ2n) is 9.58. The van der Waals surface area contributed by atoms with Gasteiger partial charge in [0.2, 0.25) is 5.91 Å². The average molecular weight is 492 g/mol. The van der Waals surface area contributed by atoms with E-state index in [2.05, 4.69) is 35.8 Å². The minimum absolute atomic E-state index is 0.0123. The molecule has 0 saturated heterocycles. The number of hydrogen-bond donors (Lipinski definition) is 2. The lowest BCUT2D eigenvalue weighted by Crippen LogP contribution is -2.14. The summed E-state index contributed by atoms with van der Waals surface area (Å²) < 4.78 is 0. The van der Waals surface area contributed by atoms with Crippen LogP contribution in [-0.2, 0) is 4.79 Å². The van der Waals surface area contributed by atoms with Gasteiger partial charge in [-0.25, -0.2) is 4.98 Å². The molecule has 0 atom stereocenters. The van der Waals surface area contributed by atoms with Gasteiger partial charge in [-0.1, -0.05) is 0 Å². The van der Waals surface area contributed by atoms with Crippen molar-refractivity contribution in [3.8, 4) is 22.4 Å². The lowest BCUT2D eigenvalue weighted by atomic mass is 10.0. The fourth-order valence-corrected chi connectivity index (χ4v) is 4.17. The molecule has 0 spiro atoms. The van der Waals surface area contributed by atoms with Crippen molar-refractivity contribution in [2.75, 3.05) is 10.6 Å². The van der Waals surface area contributed by atoms with Crippen LogP contribution in [0.1, 0.15) is 53.3 Å². The van der Waals surface area contributed by atoms with Crippen LogP contribution in [0.2, 0.25) is 0 Å². The largest absolute Gasteiger partial charge is 0.321 e. The second-order valence-corrected chi connectivity index (χ2v) is 9.58. The molecule has 0 bridgehead atoms. The van der Waals surface area contributed by atoms with E-state index >= 15 is 0 Å². The van der Waals surface area contributed by atoms with Crippen LogP contribution >= 0.6 is 0 Å². The number of rotatable bonds is 7. The Bertz CT molecular complexity index is 1510. The predicted octanol–water partition coefficient (Wildman–Crippen LogP) is 4.78. The van der Waals surface area contributed by atoms with Crippen LogP contribution in [0.15, 0.2) is 61.2 Å². The third-order valence-corrected chi connectivity index (χ3v) is 6.60. The first-order valence-corrected chi connectivity index (χ1v) is 12.4. The minimum atomic E-state index is -0.249. The summed E-state index contributed by atoms with van der Waals surface area (Å²) >= 11 is 0. The van der Waals surface area contributed by atoms with Crippen LogP contribution in [-0.4, -0.2) is 37.0 Å². The fraction of sp³-hybridized carbons (Fsp3) is 0.250. The molecule has 4 heterocycles. The molecule has 4 aromatic heterocycles. The summed E-state index contributed by atoms with van der Waals surface area (Å²) in [5.74, 6) is 0.796. The second kappa shape index (κ2) is 9.50. The molecule has 9 nitrogen and oxygen atoms in total. The highest BCUT2D eigenvalue weighted by atomic mass is 16.2. The average Bonchev–Trinajstić information content (AvgIpc) is 3.83. The highest BCUT2D eigenvalue weighted by molar-refractivity contribution is 6.04. The Balaban J connectivity index is 1.24. The number of hydrogen-bond acceptors (Lipinski definition) is 7. The molecular weight excluding hydrogens is 466 g/mol. The van der Waals surface area contributed by atoms with Gasteiger partial charge in [-0.3, -0.25) is 19.6 Å². The molecule has 0 unspecified atom stereocenters. The Morgan fingerprint density at radius 3 is 2.49 bits per heavy atom. The quantitative estimate of drug-likeness (QED) is 0.381. The molecule has 9 heteroatoms. The van der Waals surface area contributed by atoms with Gasteiger partial charge in [0.15, 0.2) is 0 Å². The van der Waals surface area contributed by atoms with E-state index in [-0.39, 0.29) is 17.7 Å². The minimum Gasteiger partial charge on any atom is -0.321 e. The smallest absolute Gasteiger partial charge is 0.257 e. The first-order chi connectivity index (χ1) is 18.0. The van der Waals surface area contributed by atoms with Crippen LogP contribution < -0.4 is 10.6 Å². The molecular formula is C28H25N7O2. The van der Waals surface area contributed by atoms with Crippen molar-refractivity contribution in [1.82, 2.24) is 25.1 Å². The van der Waals surface area contributed by atoms with Gasteiger partial charge in [0, 0.05) is 41.1 Å². The summed E-state index contributed by atoms with van der Waals surface area (Å²) in [6, 6.07) is 11.3. The van der Waals surface area contributed by atoms with Gasteiger partial charge in [-0.05, 0) is 74.6 Å². The summed E-state index contributed by atoms with van der Waals surface area (Å²) in [5, 5.41) is 14.0. The fourth-order valence-electron chi connectivity index (χ4n) is 4.17. The van der Waals surface area contributed by atoms with E-state index in [1.807, 2.05) is 43.3 Å². The first kappa shape index (κ1) is 22.9. The van der Waals surface area contributed by atoms with E-state index in [4.69, 9.17) is 0 Å². The van der Waals surface area contributed by atoms with E-state index in [0.717, 1.165) is 59.5 Å². The van der Waals surface area contributed by atoms with E-state index in [1.165, 1.54) is 6.20 Å². The zero-order valence-corrected chi connectivity index (χ0v) is 20.3. The van der Waals surface area contributed by atoms with Gasteiger partial charge in [0.1, 0.15) is 5.82 Å². The first-order valence-electron chi connectivity index (χ1n) is 12.4. The van der Waals surface area contributed by atoms with Crippen molar-refractivity contribution >= 4 is 23.3 Å². The Morgan fingerprint density at radius 1 is 0.865 bits per heavy atom. The normalized spacial score (nSPS) is 14.7. The Morgan fingerprint density at radius 2 is 1.68 bits per heavy atom. The summed E-state index contributed by atoms with van der Waals surface area (Å²) in [6.45, 7) is 1.92. The molecule has 2 saturated carbocycles. The summed E-state index contributed by atoms with van der Waals surface area (Å²) in [7, 11) is 0. The zero-order chi connectivity index (χ0) is 25.4.